The van der Waals surface area contributed by atoms with Gasteiger partial charge >= 0.3 is 0 Å². The van der Waals surface area contributed by atoms with Crippen LogP contribution in [0.5, 0.6) is 5.75 Å². The molecule has 1 amide bonds. The van der Waals surface area contributed by atoms with E-state index in [1.165, 1.54) is 6.07 Å². The molecule has 0 saturated carbocycles. The van der Waals surface area contributed by atoms with Crippen LogP contribution in [0.4, 0.5) is 4.39 Å². The molecule has 0 aliphatic carbocycles. The van der Waals surface area contributed by atoms with Crippen molar-refractivity contribution in [1.82, 2.24) is 16.0 Å². The topological polar surface area (TPSA) is 74.8 Å². The van der Waals surface area contributed by atoms with E-state index >= 15 is 0 Å². The van der Waals surface area contributed by atoms with Gasteiger partial charge in [0.05, 0.1) is 13.7 Å². The fraction of sp³-hybridized carbons (Fsp3) is 0.333. The van der Waals surface area contributed by atoms with E-state index in [1.807, 2.05) is 31.2 Å². The van der Waals surface area contributed by atoms with Crippen molar-refractivity contribution < 1.29 is 13.9 Å². The van der Waals surface area contributed by atoms with Crippen LogP contribution < -0.4 is 20.7 Å². The highest BCUT2D eigenvalue weighted by molar-refractivity contribution is 14.0. The number of hydrogen-bond acceptors (Lipinski definition) is 3. The SMILES string of the molecule is CCNC(=NCc1ccc(OC)cc1)NCCNC(=O)c1ccc(C)c(F)c1.I. The van der Waals surface area contributed by atoms with E-state index in [0.717, 1.165) is 17.9 Å². The van der Waals surface area contributed by atoms with Crippen molar-refractivity contribution in [2.24, 2.45) is 4.99 Å². The molecule has 8 heteroatoms. The lowest BCUT2D eigenvalue weighted by atomic mass is 10.1. The van der Waals surface area contributed by atoms with E-state index in [9.17, 15) is 9.18 Å². The number of guanidine groups is 1. The van der Waals surface area contributed by atoms with Crippen LogP contribution in [0.1, 0.15) is 28.4 Å². The zero-order valence-electron chi connectivity index (χ0n) is 16.9. The first-order valence-corrected chi connectivity index (χ1v) is 9.23. The van der Waals surface area contributed by atoms with Crippen LogP contribution in [0.25, 0.3) is 0 Å². The lowest BCUT2D eigenvalue weighted by molar-refractivity contribution is 0.0954. The second kappa shape index (κ2) is 13.0. The molecule has 0 bridgehead atoms. The Balaban J connectivity index is 0.00000420. The summed E-state index contributed by atoms with van der Waals surface area (Å²) >= 11 is 0. The van der Waals surface area contributed by atoms with Gasteiger partial charge in [0.1, 0.15) is 11.6 Å². The van der Waals surface area contributed by atoms with Crippen molar-refractivity contribution in [3.8, 4) is 5.75 Å². The summed E-state index contributed by atoms with van der Waals surface area (Å²) in [6.45, 7) is 5.78. The van der Waals surface area contributed by atoms with Crippen LogP contribution in [-0.4, -0.2) is 38.6 Å². The highest BCUT2D eigenvalue weighted by atomic mass is 127. The van der Waals surface area contributed by atoms with E-state index in [0.29, 0.717) is 36.7 Å². The zero-order valence-corrected chi connectivity index (χ0v) is 19.3. The molecule has 6 nitrogen and oxygen atoms in total. The first-order chi connectivity index (χ1) is 13.5. The number of rotatable bonds is 8. The van der Waals surface area contributed by atoms with Gasteiger partial charge in [-0.2, -0.15) is 0 Å². The van der Waals surface area contributed by atoms with Crippen molar-refractivity contribution in [2.45, 2.75) is 20.4 Å². The molecule has 2 aromatic rings. The molecule has 0 fully saturated rings. The molecule has 0 unspecified atom stereocenters. The number of nitrogens with zero attached hydrogens (tertiary/aromatic N) is 1. The van der Waals surface area contributed by atoms with E-state index in [1.54, 1.807) is 26.2 Å². The van der Waals surface area contributed by atoms with Gasteiger partial charge in [0.25, 0.3) is 5.91 Å². The molecule has 0 aliphatic heterocycles. The fourth-order valence-corrected chi connectivity index (χ4v) is 2.44. The first kappa shape index (κ1) is 24.7. The predicted octanol–water partition coefficient (Wildman–Crippen LogP) is 3.25. The summed E-state index contributed by atoms with van der Waals surface area (Å²) in [6.07, 6.45) is 0. The quantitative estimate of drug-likeness (QED) is 0.219. The van der Waals surface area contributed by atoms with E-state index in [2.05, 4.69) is 20.9 Å². The molecule has 0 saturated heterocycles. The summed E-state index contributed by atoms with van der Waals surface area (Å²) in [4.78, 5) is 16.6. The fourth-order valence-electron chi connectivity index (χ4n) is 2.44. The van der Waals surface area contributed by atoms with E-state index < -0.39 is 0 Å². The third-order valence-corrected chi connectivity index (χ3v) is 4.06. The standard InChI is InChI=1S/C21H27FN4O2.HI/c1-4-23-21(26-14-16-6-9-18(28-3)10-7-16)25-12-11-24-20(27)17-8-5-15(2)19(22)13-17;/h5-10,13H,4,11-12,14H2,1-3H3,(H,24,27)(H2,23,25,26);1H. The smallest absolute Gasteiger partial charge is 0.251 e. The van der Waals surface area contributed by atoms with Gasteiger partial charge in [-0.15, -0.1) is 24.0 Å². The van der Waals surface area contributed by atoms with Gasteiger partial charge in [-0.05, 0) is 49.2 Å². The highest BCUT2D eigenvalue weighted by Crippen LogP contribution is 2.12. The second-order valence-corrected chi connectivity index (χ2v) is 6.19. The maximum Gasteiger partial charge on any atom is 0.251 e. The van der Waals surface area contributed by atoms with Crippen molar-refractivity contribution in [1.29, 1.82) is 0 Å². The normalized spacial score (nSPS) is 10.7. The number of nitrogens with one attached hydrogen (secondary N) is 3. The van der Waals surface area contributed by atoms with Crippen LogP contribution in [-0.2, 0) is 6.54 Å². The van der Waals surface area contributed by atoms with Crippen molar-refractivity contribution >= 4 is 35.8 Å². The summed E-state index contributed by atoms with van der Waals surface area (Å²) in [6, 6.07) is 12.2. The Hall–Kier alpha value is -2.36. The average Bonchev–Trinajstić information content (AvgIpc) is 2.71. The Bertz CT molecular complexity index is 813. The Kier molecular flexibility index (Phi) is 11.0. The number of hydrogen-bond donors (Lipinski definition) is 3. The summed E-state index contributed by atoms with van der Waals surface area (Å²) in [5.41, 5.74) is 1.89. The monoisotopic (exact) mass is 514 g/mol. The number of methoxy groups -OCH3 is 1. The third kappa shape index (κ3) is 8.26. The summed E-state index contributed by atoms with van der Waals surface area (Å²) in [5, 5.41) is 9.09. The lowest BCUT2D eigenvalue weighted by Gasteiger charge is -2.12. The number of halogens is 2. The molecule has 0 aliphatic rings. The van der Waals surface area contributed by atoms with E-state index in [-0.39, 0.29) is 35.7 Å². The first-order valence-electron chi connectivity index (χ1n) is 9.23. The van der Waals surface area contributed by atoms with Gasteiger partial charge in [-0.1, -0.05) is 18.2 Å². The van der Waals surface area contributed by atoms with Gasteiger partial charge < -0.3 is 20.7 Å². The zero-order chi connectivity index (χ0) is 20.4. The third-order valence-electron chi connectivity index (χ3n) is 4.06. The Morgan fingerprint density at radius 2 is 1.76 bits per heavy atom. The van der Waals surface area contributed by atoms with Crippen LogP contribution in [0, 0.1) is 12.7 Å². The van der Waals surface area contributed by atoms with Crippen molar-refractivity contribution in [3.05, 3.63) is 65.0 Å². The van der Waals surface area contributed by atoms with Gasteiger partial charge in [0.2, 0.25) is 0 Å². The number of carbonyl (C=O) groups excluding carboxylic acids is 1. The molecule has 3 N–H and O–H groups in total. The molecule has 29 heavy (non-hydrogen) atoms. The largest absolute Gasteiger partial charge is 0.497 e. The Labute approximate surface area is 188 Å². The predicted molar refractivity (Wildman–Crippen MR) is 125 cm³/mol. The molecule has 2 aromatic carbocycles. The molecular weight excluding hydrogens is 486 g/mol. The molecular formula is C21H28FIN4O2. The van der Waals surface area contributed by atoms with Gasteiger partial charge in [-0.25, -0.2) is 9.38 Å². The molecule has 2 rings (SSSR count). The molecule has 0 heterocycles. The summed E-state index contributed by atoms with van der Waals surface area (Å²) in [5.74, 6) is 0.780. The average molecular weight is 514 g/mol. The molecule has 0 atom stereocenters. The van der Waals surface area contributed by atoms with Crippen molar-refractivity contribution in [2.75, 3.05) is 26.7 Å². The van der Waals surface area contributed by atoms with Crippen LogP contribution in [0.3, 0.4) is 0 Å². The molecule has 0 aromatic heterocycles. The summed E-state index contributed by atoms with van der Waals surface area (Å²) in [7, 11) is 1.63. The lowest BCUT2D eigenvalue weighted by Crippen LogP contribution is -2.41. The number of ether oxygens (including phenoxy) is 1. The second-order valence-electron chi connectivity index (χ2n) is 6.19. The van der Waals surface area contributed by atoms with Gasteiger partial charge in [0.15, 0.2) is 5.96 Å². The molecule has 0 spiro atoms. The van der Waals surface area contributed by atoms with E-state index in [4.69, 9.17) is 4.74 Å². The Morgan fingerprint density at radius 1 is 1.07 bits per heavy atom. The number of aliphatic imine (C=N–C) groups is 1. The number of amides is 1. The number of benzene rings is 2. The minimum absolute atomic E-state index is 0. The van der Waals surface area contributed by atoms with Crippen LogP contribution >= 0.6 is 24.0 Å². The molecule has 158 valence electrons. The highest BCUT2D eigenvalue weighted by Gasteiger charge is 2.07. The number of carbonyl (C=O) groups is 1. The van der Waals surface area contributed by atoms with Crippen molar-refractivity contribution in [3.63, 3.8) is 0 Å². The van der Waals surface area contributed by atoms with Gasteiger partial charge in [-0.3, -0.25) is 4.79 Å². The summed E-state index contributed by atoms with van der Waals surface area (Å²) < 4.78 is 18.7. The minimum atomic E-state index is -0.383. The maximum absolute atomic E-state index is 13.6. The maximum atomic E-state index is 13.6. The van der Waals surface area contributed by atoms with Crippen LogP contribution in [0.15, 0.2) is 47.5 Å². The van der Waals surface area contributed by atoms with Gasteiger partial charge in [0, 0.05) is 25.2 Å². The van der Waals surface area contributed by atoms with Crippen LogP contribution in [0.2, 0.25) is 0 Å². The number of aryl methyl sites for hydroxylation is 1. The minimum Gasteiger partial charge on any atom is -0.497 e. The molecule has 0 radical (unpaired) electrons. The Morgan fingerprint density at radius 3 is 2.38 bits per heavy atom.